The van der Waals surface area contributed by atoms with Gasteiger partial charge in [0.15, 0.2) is 0 Å². The highest BCUT2D eigenvalue weighted by Gasteiger charge is 2.12. The molecule has 0 aliphatic rings. The van der Waals surface area contributed by atoms with Crippen LogP contribution in [-0.4, -0.2) is 17.9 Å². The molecule has 23 heavy (non-hydrogen) atoms. The van der Waals surface area contributed by atoms with E-state index in [2.05, 4.69) is 10.6 Å². The third-order valence-corrected chi connectivity index (χ3v) is 3.10. The van der Waals surface area contributed by atoms with Gasteiger partial charge >= 0.3 is 0 Å². The second kappa shape index (κ2) is 7.23. The van der Waals surface area contributed by atoms with Gasteiger partial charge in [-0.05, 0) is 44.2 Å². The summed E-state index contributed by atoms with van der Waals surface area (Å²) in [6.07, 6.45) is 0. The Morgan fingerprint density at radius 2 is 1.65 bits per heavy atom. The van der Waals surface area contributed by atoms with E-state index in [1.54, 1.807) is 42.5 Å². The summed E-state index contributed by atoms with van der Waals surface area (Å²) in [6.45, 7) is 3.74. The van der Waals surface area contributed by atoms with Crippen molar-refractivity contribution in [2.24, 2.45) is 0 Å². The van der Waals surface area contributed by atoms with Crippen molar-refractivity contribution >= 4 is 17.5 Å². The Bertz CT molecular complexity index is 776. The molecule has 2 N–H and O–H groups in total. The van der Waals surface area contributed by atoms with Gasteiger partial charge in [0.25, 0.3) is 11.8 Å². The van der Waals surface area contributed by atoms with Crippen molar-refractivity contribution in [2.45, 2.75) is 19.9 Å². The molecule has 2 aromatic carbocycles. The van der Waals surface area contributed by atoms with Crippen LogP contribution in [0.1, 0.15) is 40.1 Å². The zero-order valence-corrected chi connectivity index (χ0v) is 13.0. The molecule has 2 aromatic rings. The van der Waals surface area contributed by atoms with Crippen molar-refractivity contribution in [1.29, 1.82) is 5.26 Å². The summed E-state index contributed by atoms with van der Waals surface area (Å²) in [5, 5.41) is 14.5. The minimum atomic E-state index is -0.369. The Balaban J connectivity index is 2.20. The van der Waals surface area contributed by atoms with Crippen molar-refractivity contribution < 1.29 is 9.59 Å². The molecule has 5 nitrogen and oxygen atoms in total. The third kappa shape index (κ3) is 4.17. The highest BCUT2D eigenvalue weighted by molar-refractivity contribution is 6.06. The molecule has 5 heteroatoms. The van der Waals surface area contributed by atoms with Crippen LogP contribution in [0.15, 0.2) is 48.5 Å². The lowest BCUT2D eigenvalue weighted by atomic mass is 10.1. The van der Waals surface area contributed by atoms with Gasteiger partial charge in [0.2, 0.25) is 0 Å². The number of carbonyl (C=O) groups is 2. The fourth-order valence-corrected chi connectivity index (χ4v) is 2.03. The number of nitrogens with one attached hydrogen (secondary N) is 2. The Morgan fingerprint density at radius 3 is 2.30 bits per heavy atom. The quantitative estimate of drug-likeness (QED) is 0.911. The molecule has 116 valence electrons. The molecule has 0 unspecified atom stereocenters. The van der Waals surface area contributed by atoms with E-state index in [9.17, 15) is 9.59 Å². The van der Waals surface area contributed by atoms with Crippen molar-refractivity contribution in [3.05, 3.63) is 65.2 Å². The minimum absolute atomic E-state index is 0.0162. The number of nitrogens with zero attached hydrogens (tertiary/aromatic N) is 1. The molecule has 0 saturated carbocycles. The van der Waals surface area contributed by atoms with Crippen molar-refractivity contribution in [3.8, 4) is 6.07 Å². The van der Waals surface area contributed by atoms with Crippen LogP contribution in [0, 0.1) is 11.3 Å². The van der Waals surface area contributed by atoms with E-state index in [1.807, 2.05) is 19.9 Å². The van der Waals surface area contributed by atoms with Crippen LogP contribution >= 0.6 is 0 Å². The zero-order chi connectivity index (χ0) is 16.8. The van der Waals surface area contributed by atoms with E-state index in [4.69, 9.17) is 5.26 Å². The van der Waals surface area contributed by atoms with Gasteiger partial charge in [-0.25, -0.2) is 0 Å². The molecule has 0 aromatic heterocycles. The molecule has 0 spiro atoms. The maximum atomic E-state index is 12.3. The van der Waals surface area contributed by atoms with E-state index in [0.29, 0.717) is 22.4 Å². The molecule has 0 saturated heterocycles. The molecule has 0 heterocycles. The highest BCUT2D eigenvalue weighted by Crippen LogP contribution is 2.15. The Morgan fingerprint density at radius 1 is 1.00 bits per heavy atom. The van der Waals surface area contributed by atoms with Crippen LogP contribution in [0.25, 0.3) is 0 Å². The van der Waals surface area contributed by atoms with E-state index >= 15 is 0 Å². The standard InChI is InChI=1S/C18H17N3O2/c1-12(2)20-17(22)13-7-5-8-14(10-13)18(23)21-16-9-4-3-6-15(16)11-19/h3-10,12H,1-2H3,(H,20,22)(H,21,23). The second-order valence-corrected chi connectivity index (χ2v) is 5.32. The predicted octanol–water partition coefficient (Wildman–Crippen LogP) is 2.95. The Hall–Kier alpha value is -3.13. The summed E-state index contributed by atoms with van der Waals surface area (Å²) < 4.78 is 0. The maximum Gasteiger partial charge on any atom is 0.255 e. The number of amides is 2. The average molecular weight is 307 g/mol. The van der Waals surface area contributed by atoms with Gasteiger partial charge in [0, 0.05) is 17.2 Å². The SMILES string of the molecule is CC(C)NC(=O)c1cccc(C(=O)Nc2ccccc2C#N)c1. The molecule has 2 amide bonds. The third-order valence-electron chi connectivity index (χ3n) is 3.10. The molecular formula is C18H17N3O2. The summed E-state index contributed by atoms with van der Waals surface area (Å²) in [7, 11) is 0. The van der Waals surface area contributed by atoms with Gasteiger partial charge in [-0.1, -0.05) is 18.2 Å². The molecule has 0 atom stereocenters. The topological polar surface area (TPSA) is 82.0 Å². The summed E-state index contributed by atoms with van der Waals surface area (Å²) in [5.74, 6) is -0.598. The summed E-state index contributed by atoms with van der Waals surface area (Å²) >= 11 is 0. The summed E-state index contributed by atoms with van der Waals surface area (Å²) in [5.41, 5.74) is 1.60. The van der Waals surface area contributed by atoms with Gasteiger partial charge in [0.05, 0.1) is 11.3 Å². The molecule has 0 bridgehead atoms. The molecule has 0 aliphatic heterocycles. The zero-order valence-electron chi connectivity index (χ0n) is 13.0. The van der Waals surface area contributed by atoms with Gasteiger partial charge in [-0.2, -0.15) is 5.26 Å². The Kier molecular flexibility index (Phi) is 5.11. The molecule has 0 fully saturated rings. The van der Waals surface area contributed by atoms with Crippen LogP contribution in [0.3, 0.4) is 0 Å². The van der Waals surface area contributed by atoms with Crippen LogP contribution < -0.4 is 10.6 Å². The first kappa shape index (κ1) is 16.2. The molecule has 0 radical (unpaired) electrons. The maximum absolute atomic E-state index is 12.3. The number of rotatable bonds is 4. The Labute approximate surface area is 134 Å². The number of hydrogen-bond donors (Lipinski definition) is 2. The number of carbonyl (C=O) groups excluding carboxylic acids is 2. The first-order valence-electron chi connectivity index (χ1n) is 7.22. The van der Waals surface area contributed by atoms with Gasteiger partial charge in [0.1, 0.15) is 6.07 Å². The molecule has 2 rings (SSSR count). The van der Waals surface area contributed by atoms with Crippen LogP contribution in [-0.2, 0) is 0 Å². The minimum Gasteiger partial charge on any atom is -0.350 e. The van der Waals surface area contributed by atoms with Crippen LogP contribution in [0.4, 0.5) is 5.69 Å². The first-order valence-corrected chi connectivity index (χ1v) is 7.22. The highest BCUT2D eigenvalue weighted by atomic mass is 16.2. The van der Waals surface area contributed by atoms with Crippen LogP contribution in [0.5, 0.6) is 0 Å². The summed E-state index contributed by atoms with van der Waals surface area (Å²) in [4.78, 5) is 24.3. The fraction of sp³-hybridized carbons (Fsp3) is 0.167. The lowest BCUT2D eigenvalue weighted by Crippen LogP contribution is -2.30. The van der Waals surface area contributed by atoms with E-state index in [-0.39, 0.29) is 17.9 Å². The summed E-state index contributed by atoms with van der Waals surface area (Å²) in [6, 6.07) is 15.2. The van der Waals surface area contributed by atoms with Gasteiger partial charge in [-0.3, -0.25) is 9.59 Å². The molecule has 0 aliphatic carbocycles. The lowest BCUT2D eigenvalue weighted by molar-refractivity contribution is 0.0943. The van der Waals surface area contributed by atoms with Crippen molar-refractivity contribution in [1.82, 2.24) is 5.32 Å². The number of hydrogen-bond acceptors (Lipinski definition) is 3. The van der Waals surface area contributed by atoms with Gasteiger partial charge < -0.3 is 10.6 Å². The second-order valence-electron chi connectivity index (χ2n) is 5.32. The number of para-hydroxylation sites is 1. The number of benzene rings is 2. The monoisotopic (exact) mass is 307 g/mol. The normalized spacial score (nSPS) is 10.0. The smallest absolute Gasteiger partial charge is 0.255 e. The average Bonchev–Trinajstić information content (AvgIpc) is 2.55. The van der Waals surface area contributed by atoms with Gasteiger partial charge in [-0.15, -0.1) is 0 Å². The van der Waals surface area contributed by atoms with Crippen molar-refractivity contribution in [2.75, 3.05) is 5.32 Å². The van der Waals surface area contributed by atoms with E-state index < -0.39 is 0 Å². The van der Waals surface area contributed by atoms with Crippen LogP contribution in [0.2, 0.25) is 0 Å². The molecular weight excluding hydrogens is 290 g/mol. The fourth-order valence-electron chi connectivity index (χ4n) is 2.03. The lowest BCUT2D eigenvalue weighted by Gasteiger charge is -2.10. The van der Waals surface area contributed by atoms with E-state index in [1.165, 1.54) is 6.07 Å². The van der Waals surface area contributed by atoms with E-state index in [0.717, 1.165) is 0 Å². The van der Waals surface area contributed by atoms with Crippen molar-refractivity contribution in [3.63, 3.8) is 0 Å². The first-order chi connectivity index (χ1) is 11.0. The number of nitriles is 1. The largest absolute Gasteiger partial charge is 0.350 e. The predicted molar refractivity (Wildman–Crippen MR) is 88.2 cm³/mol. The number of anilines is 1.